The molecule has 1 aliphatic heterocycles. The molecule has 1 aliphatic rings. The largest absolute Gasteiger partial charge is 0.322 e. The summed E-state index contributed by atoms with van der Waals surface area (Å²) >= 11 is 1.17. The van der Waals surface area contributed by atoms with Crippen LogP contribution in [0.25, 0.3) is 0 Å². The Balaban J connectivity index is 2.14. The predicted molar refractivity (Wildman–Crippen MR) is 76.9 cm³/mol. The first kappa shape index (κ1) is 13.1. The van der Waals surface area contributed by atoms with Crippen LogP contribution in [0.15, 0.2) is 39.9 Å². The fourth-order valence-electron chi connectivity index (χ4n) is 2.26. The quantitative estimate of drug-likeness (QED) is 0.917. The van der Waals surface area contributed by atoms with Crippen LogP contribution < -0.4 is 10.0 Å². The molecule has 2 aromatic rings. The van der Waals surface area contributed by atoms with Gasteiger partial charge in [-0.25, -0.2) is 8.42 Å². The third-order valence-corrected chi connectivity index (χ3v) is 6.38. The summed E-state index contributed by atoms with van der Waals surface area (Å²) < 4.78 is 26.8. The molecule has 0 saturated carbocycles. The number of sulfonamides is 1. The molecule has 0 radical (unpaired) electrons. The smallest absolute Gasteiger partial charge is 0.273 e. The summed E-state index contributed by atoms with van der Waals surface area (Å²) in [5.41, 5.74) is 7.67. The molecule has 5 nitrogen and oxygen atoms in total. The summed E-state index contributed by atoms with van der Waals surface area (Å²) in [4.78, 5) is 0. The molecular weight excluding hydrogens is 294 g/mol. The van der Waals surface area contributed by atoms with Gasteiger partial charge in [0.05, 0.1) is 29.9 Å². The number of anilines is 1. The van der Waals surface area contributed by atoms with Crippen LogP contribution in [0.2, 0.25) is 0 Å². The monoisotopic (exact) mass is 305 g/mol. The van der Waals surface area contributed by atoms with E-state index in [0.29, 0.717) is 11.3 Å². The Morgan fingerprint density at radius 2 is 2.20 bits per heavy atom. The molecule has 0 amide bonds. The number of thiophene rings is 1. The van der Waals surface area contributed by atoms with Crippen LogP contribution in [0, 0.1) is 11.3 Å². The first-order valence-electron chi connectivity index (χ1n) is 5.90. The van der Waals surface area contributed by atoms with Gasteiger partial charge in [0, 0.05) is 0 Å². The second-order valence-corrected chi connectivity index (χ2v) is 7.50. The standard InChI is InChI=1S/C13H11N3O2S2/c14-7-9-3-4-10-11(15)8-16(12(10)6-9)20(17,18)13-2-1-5-19-13/h1-6,11H,8,15H2. The Hall–Kier alpha value is -1.88. The van der Waals surface area contributed by atoms with Gasteiger partial charge in [-0.1, -0.05) is 12.1 Å². The zero-order valence-corrected chi connectivity index (χ0v) is 12.0. The average molecular weight is 305 g/mol. The lowest BCUT2D eigenvalue weighted by molar-refractivity contribution is 0.592. The molecule has 1 atom stereocenters. The van der Waals surface area contributed by atoms with E-state index in [-0.39, 0.29) is 16.8 Å². The first-order valence-corrected chi connectivity index (χ1v) is 8.22. The number of nitrogens with two attached hydrogens (primary N) is 1. The molecule has 1 aromatic heterocycles. The van der Waals surface area contributed by atoms with E-state index in [1.807, 2.05) is 6.07 Å². The minimum atomic E-state index is -3.60. The molecule has 0 fully saturated rings. The van der Waals surface area contributed by atoms with Crippen molar-refractivity contribution in [3.63, 3.8) is 0 Å². The highest BCUT2D eigenvalue weighted by atomic mass is 32.2. The number of rotatable bonds is 2. The van der Waals surface area contributed by atoms with Crippen molar-refractivity contribution in [1.82, 2.24) is 0 Å². The van der Waals surface area contributed by atoms with Crippen LogP contribution in [0.4, 0.5) is 5.69 Å². The van der Waals surface area contributed by atoms with E-state index in [0.717, 1.165) is 5.56 Å². The number of nitriles is 1. The van der Waals surface area contributed by atoms with E-state index in [1.54, 1.807) is 35.7 Å². The zero-order valence-electron chi connectivity index (χ0n) is 10.4. The van der Waals surface area contributed by atoms with Crippen molar-refractivity contribution in [3.8, 4) is 6.07 Å². The maximum absolute atomic E-state index is 12.6. The Kier molecular flexibility index (Phi) is 3.01. The van der Waals surface area contributed by atoms with Crippen LogP contribution in [-0.2, 0) is 10.0 Å². The maximum Gasteiger partial charge on any atom is 0.273 e. The molecule has 2 N–H and O–H groups in total. The highest BCUT2D eigenvalue weighted by molar-refractivity contribution is 7.94. The summed E-state index contributed by atoms with van der Waals surface area (Å²) in [7, 11) is -3.60. The summed E-state index contributed by atoms with van der Waals surface area (Å²) in [5, 5.41) is 10.7. The molecule has 102 valence electrons. The van der Waals surface area contributed by atoms with Crippen LogP contribution >= 0.6 is 11.3 Å². The lowest BCUT2D eigenvalue weighted by Gasteiger charge is -2.18. The number of benzene rings is 1. The molecule has 2 heterocycles. The van der Waals surface area contributed by atoms with E-state index < -0.39 is 10.0 Å². The topological polar surface area (TPSA) is 87.2 Å². The fourth-order valence-corrected chi connectivity index (χ4v) is 4.88. The molecule has 20 heavy (non-hydrogen) atoms. The molecule has 0 spiro atoms. The fraction of sp³-hybridized carbons (Fsp3) is 0.154. The van der Waals surface area contributed by atoms with Crippen molar-refractivity contribution in [3.05, 3.63) is 46.8 Å². The molecular formula is C13H11N3O2S2. The van der Waals surface area contributed by atoms with Gasteiger partial charge in [0.15, 0.2) is 0 Å². The van der Waals surface area contributed by atoms with E-state index in [9.17, 15) is 8.42 Å². The Labute approximate surface area is 120 Å². The van der Waals surface area contributed by atoms with Crippen molar-refractivity contribution in [2.75, 3.05) is 10.8 Å². The lowest BCUT2D eigenvalue weighted by atomic mass is 10.1. The first-order chi connectivity index (χ1) is 9.54. The normalized spacial score (nSPS) is 17.8. The van der Waals surface area contributed by atoms with Gasteiger partial charge < -0.3 is 5.73 Å². The van der Waals surface area contributed by atoms with Crippen LogP contribution in [0.3, 0.4) is 0 Å². The molecule has 0 aliphatic carbocycles. The Bertz CT molecular complexity index is 792. The van der Waals surface area contributed by atoms with Gasteiger partial charge in [0.1, 0.15) is 4.21 Å². The Morgan fingerprint density at radius 1 is 1.40 bits per heavy atom. The number of hydrogen-bond donors (Lipinski definition) is 1. The SMILES string of the molecule is N#Cc1ccc2c(c1)N(S(=O)(=O)c1cccs1)CC2N. The van der Waals surface area contributed by atoms with Gasteiger partial charge in [-0.05, 0) is 29.1 Å². The van der Waals surface area contributed by atoms with Crippen molar-refractivity contribution >= 4 is 27.0 Å². The maximum atomic E-state index is 12.6. The second kappa shape index (κ2) is 4.59. The predicted octanol–water partition coefficient (Wildman–Crippen LogP) is 1.83. The Morgan fingerprint density at radius 3 is 2.85 bits per heavy atom. The number of nitrogens with zero attached hydrogens (tertiary/aromatic N) is 2. The van der Waals surface area contributed by atoms with Crippen molar-refractivity contribution < 1.29 is 8.42 Å². The highest BCUT2D eigenvalue weighted by Gasteiger charge is 2.35. The van der Waals surface area contributed by atoms with E-state index >= 15 is 0 Å². The van der Waals surface area contributed by atoms with Gasteiger partial charge in [0.2, 0.25) is 0 Å². The minimum absolute atomic E-state index is 0.199. The molecule has 7 heteroatoms. The van der Waals surface area contributed by atoms with Crippen LogP contribution in [0.5, 0.6) is 0 Å². The van der Waals surface area contributed by atoms with Gasteiger partial charge in [0.25, 0.3) is 10.0 Å². The summed E-state index contributed by atoms with van der Waals surface area (Å²) in [6.07, 6.45) is 0. The van der Waals surface area contributed by atoms with E-state index in [1.165, 1.54) is 15.6 Å². The third-order valence-electron chi connectivity index (χ3n) is 3.23. The van der Waals surface area contributed by atoms with Crippen LogP contribution in [0.1, 0.15) is 17.2 Å². The second-order valence-electron chi connectivity index (χ2n) is 4.46. The van der Waals surface area contributed by atoms with Crippen molar-refractivity contribution in [2.45, 2.75) is 10.3 Å². The van der Waals surface area contributed by atoms with Gasteiger partial charge in [-0.3, -0.25) is 4.31 Å². The third kappa shape index (κ3) is 1.89. The highest BCUT2D eigenvalue weighted by Crippen LogP contribution is 2.38. The minimum Gasteiger partial charge on any atom is -0.322 e. The number of hydrogen-bond acceptors (Lipinski definition) is 5. The number of fused-ring (bicyclic) bond motifs is 1. The van der Waals surface area contributed by atoms with E-state index in [2.05, 4.69) is 0 Å². The summed E-state index contributed by atoms with van der Waals surface area (Å²) in [5.74, 6) is 0. The average Bonchev–Trinajstić information content (AvgIpc) is 3.07. The summed E-state index contributed by atoms with van der Waals surface area (Å²) in [6, 6.07) is 9.87. The van der Waals surface area contributed by atoms with Gasteiger partial charge >= 0.3 is 0 Å². The molecule has 0 saturated heterocycles. The molecule has 0 bridgehead atoms. The summed E-state index contributed by atoms with van der Waals surface area (Å²) in [6.45, 7) is 0.199. The van der Waals surface area contributed by atoms with Gasteiger partial charge in [-0.15, -0.1) is 11.3 Å². The van der Waals surface area contributed by atoms with Gasteiger partial charge in [-0.2, -0.15) is 5.26 Å². The van der Waals surface area contributed by atoms with Crippen molar-refractivity contribution in [2.24, 2.45) is 5.73 Å². The van der Waals surface area contributed by atoms with Crippen molar-refractivity contribution in [1.29, 1.82) is 5.26 Å². The zero-order chi connectivity index (χ0) is 14.3. The lowest BCUT2D eigenvalue weighted by Crippen LogP contribution is -2.30. The van der Waals surface area contributed by atoms with E-state index in [4.69, 9.17) is 11.0 Å². The molecule has 1 unspecified atom stereocenters. The molecule has 1 aromatic carbocycles. The van der Waals surface area contributed by atoms with Crippen LogP contribution in [-0.4, -0.2) is 15.0 Å². The molecule has 3 rings (SSSR count).